The fourth-order valence-electron chi connectivity index (χ4n) is 11.5. The van der Waals surface area contributed by atoms with Gasteiger partial charge in [0.1, 0.15) is 17.0 Å². The number of hydrogen-bond donors (Lipinski definition) is 0. The van der Waals surface area contributed by atoms with Crippen molar-refractivity contribution >= 4 is 29.7 Å². The van der Waals surface area contributed by atoms with Crippen molar-refractivity contribution in [3.63, 3.8) is 0 Å². The fourth-order valence-corrected chi connectivity index (χ4v) is 11.5. The highest BCUT2D eigenvalue weighted by Crippen LogP contribution is 2.57. The molecule has 7 rings (SSSR count). The number of ether oxygens (including phenoxy) is 3. The SMILES string of the molecule is CC1C(=O)OC(=O)C1C.CC1CCC(C(C)(C)OC(=O)C2CC3CC2C(C)C3C)C(=O)C1.CCC1(OC(=O)C2CC3CC2C(C)C3C)CCCCC1. The topological polar surface area (TPSA) is 113 Å². The van der Waals surface area contributed by atoms with Crippen molar-refractivity contribution in [3.8, 4) is 0 Å². The summed E-state index contributed by atoms with van der Waals surface area (Å²) in [4.78, 5) is 59.0. The molecule has 14 atom stereocenters. The maximum atomic E-state index is 12.8. The summed E-state index contributed by atoms with van der Waals surface area (Å²) in [6.07, 6.45) is 14.0. The van der Waals surface area contributed by atoms with Crippen molar-refractivity contribution in [1.82, 2.24) is 0 Å². The predicted molar refractivity (Wildman–Crippen MR) is 199 cm³/mol. The van der Waals surface area contributed by atoms with Crippen LogP contribution in [0.15, 0.2) is 0 Å². The predicted octanol–water partition coefficient (Wildman–Crippen LogP) is 9.15. The third-order valence-electron chi connectivity index (χ3n) is 15.9. The van der Waals surface area contributed by atoms with Gasteiger partial charge in [0.2, 0.25) is 0 Å². The van der Waals surface area contributed by atoms with Crippen LogP contribution in [0.4, 0.5) is 0 Å². The largest absolute Gasteiger partial charge is 0.459 e. The van der Waals surface area contributed by atoms with Gasteiger partial charge < -0.3 is 14.2 Å². The number of cyclic esters (lactones) is 2. The van der Waals surface area contributed by atoms with Gasteiger partial charge in [-0.15, -0.1) is 0 Å². The highest BCUT2D eigenvalue weighted by Gasteiger charge is 2.54. The van der Waals surface area contributed by atoms with Crippen LogP contribution in [0, 0.1) is 82.9 Å². The Kier molecular flexibility index (Phi) is 12.8. The van der Waals surface area contributed by atoms with E-state index < -0.39 is 17.5 Å². The molecule has 0 N–H and O–H groups in total. The molecule has 6 aliphatic carbocycles. The van der Waals surface area contributed by atoms with Gasteiger partial charge in [-0.1, -0.05) is 61.8 Å². The summed E-state index contributed by atoms with van der Waals surface area (Å²) in [5.74, 6) is 5.08. The van der Waals surface area contributed by atoms with Crippen LogP contribution in [0.1, 0.15) is 153 Å². The van der Waals surface area contributed by atoms with Gasteiger partial charge in [-0.3, -0.25) is 24.0 Å². The number of Topliss-reactive ketones (excluding diaryl/α,β-unsaturated/α-hetero) is 1. The van der Waals surface area contributed by atoms with Crippen LogP contribution in [0.25, 0.3) is 0 Å². The zero-order valence-corrected chi connectivity index (χ0v) is 34.0. The second-order valence-corrected chi connectivity index (χ2v) is 19.2. The van der Waals surface area contributed by atoms with Crippen LogP contribution in [0.3, 0.4) is 0 Å². The lowest BCUT2D eigenvalue weighted by atomic mass is 9.73. The monoisotopic (exact) mass is 727 g/mol. The molecule has 1 aliphatic heterocycles. The van der Waals surface area contributed by atoms with Gasteiger partial charge in [0.25, 0.3) is 0 Å². The Morgan fingerprint density at radius 3 is 1.62 bits per heavy atom. The molecule has 0 spiro atoms. The highest BCUT2D eigenvalue weighted by molar-refractivity contribution is 5.95. The molecule has 8 nitrogen and oxygen atoms in total. The number of fused-ring (bicyclic) bond motifs is 4. The van der Waals surface area contributed by atoms with E-state index in [0.29, 0.717) is 41.9 Å². The molecule has 0 aromatic carbocycles. The van der Waals surface area contributed by atoms with Crippen LogP contribution in [-0.4, -0.2) is 40.9 Å². The molecule has 0 aromatic rings. The van der Waals surface area contributed by atoms with Crippen molar-refractivity contribution < 1.29 is 38.2 Å². The first-order valence-corrected chi connectivity index (χ1v) is 21.1. The zero-order valence-electron chi connectivity index (χ0n) is 34.0. The van der Waals surface area contributed by atoms with Gasteiger partial charge in [0.05, 0.1) is 29.6 Å². The van der Waals surface area contributed by atoms with Gasteiger partial charge in [0.15, 0.2) is 0 Å². The molecular weight excluding hydrogens is 656 g/mol. The third kappa shape index (κ3) is 8.36. The molecule has 1 saturated heterocycles. The minimum absolute atomic E-state index is 0.0485. The molecule has 294 valence electrons. The maximum absolute atomic E-state index is 12.8. The summed E-state index contributed by atoms with van der Waals surface area (Å²) >= 11 is 0. The van der Waals surface area contributed by atoms with Crippen molar-refractivity contribution in [3.05, 3.63) is 0 Å². The molecular formula is C44H70O8. The van der Waals surface area contributed by atoms with E-state index in [2.05, 4.69) is 46.3 Å². The average molecular weight is 727 g/mol. The van der Waals surface area contributed by atoms with Crippen LogP contribution in [0.5, 0.6) is 0 Å². The number of carbonyl (C=O) groups is 5. The second kappa shape index (κ2) is 16.2. The molecule has 0 amide bonds. The number of carbonyl (C=O) groups excluding carboxylic acids is 5. The first kappa shape index (κ1) is 40.9. The Morgan fingerprint density at radius 2 is 1.21 bits per heavy atom. The average Bonchev–Trinajstić information content (AvgIpc) is 3.90. The van der Waals surface area contributed by atoms with Gasteiger partial charge >= 0.3 is 23.9 Å². The normalized spacial score (nSPS) is 41.8. The summed E-state index contributed by atoms with van der Waals surface area (Å²) < 4.78 is 16.4. The van der Waals surface area contributed by atoms with E-state index in [1.807, 2.05) is 13.8 Å². The Bertz CT molecular complexity index is 1310. The molecule has 0 aromatic heterocycles. The van der Waals surface area contributed by atoms with Crippen LogP contribution in [-0.2, 0) is 38.2 Å². The van der Waals surface area contributed by atoms with E-state index in [0.717, 1.165) is 62.7 Å². The maximum Gasteiger partial charge on any atom is 0.317 e. The van der Waals surface area contributed by atoms with Crippen molar-refractivity contribution in [1.29, 1.82) is 0 Å². The van der Waals surface area contributed by atoms with Crippen LogP contribution >= 0.6 is 0 Å². The number of rotatable bonds is 6. The number of hydrogen-bond acceptors (Lipinski definition) is 8. The van der Waals surface area contributed by atoms with Gasteiger partial charge in [-0.05, 0) is 138 Å². The van der Waals surface area contributed by atoms with E-state index >= 15 is 0 Å². The Hall–Kier alpha value is -2.25. The summed E-state index contributed by atoms with van der Waals surface area (Å²) in [6.45, 7) is 20.9. The number of esters is 4. The van der Waals surface area contributed by atoms with E-state index in [1.54, 1.807) is 13.8 Å². The van der Waals surface area contributed by atoms with Gasteiger partial charge in [-0.25, -0.2) is 0 Å². The number of ketones is 1. The van der Waals surface area contributed by atoms with Crippen molar-refractivity contribution in [2.24, 2.45) is 82.9 Å². The minimum Gasteiger partial charge on any atom is -0.459 e. The Labute approximate surface area is 314 Å². The molecule has 6 saturated carbocycles. The second-order valence-electron chi connectivity index (χ2n) is 19.2. The highest BCUT2D eigenvalue weighted by atomic mass is 16.6. The molecule has 8 heteroatoms. The zero-order chi connectivity index (χ0) is 38.3. The molecule has 7 aliphatic rings. The van der Waals surface area contributed by atoms with Crippen molar-refractivity contribution in [2.75, 3.05) is 0 Å². The van der Waals surface area contributed by atoms with Gasteiger partial charge in [0, 0.05) is 6.42 Å². The van der Waals surface area contributed by atoms with E-state index in [4.69, 9.17) is 9.47 Å². The Morgan fingerprint density at radius 1 is 0.712 bits per heavy atom. The smallest absolute Gasteiger partial charge is 0.317 e. The molecule has 14 unspecified atom stereocenters. The van der Waals surface area contributed by atoms with E-state index in [1.165, 1.54) is 32.1 Å². The van der Waals surface area contributed by atoms with Crippen LogP contribution < -0.4 is 0 Å². The van der Waals surface area contributed by atoms with Gasteiger partial charge in [-0.2, -0.15) is 0 Å². The summed E-state index contributed by atoms with van der Waals surface area (Å²) in [5.41, 5.74) is -0.781. The lowest BCUT2D eigenvalue weighted by molar-refractivity contribution is -0.173. The van der Waals surface area contributed by atoms with Crippen molar-refractivity contribution in [2.45, 2.75) is 164 Å². The molecule has 7 fully saturated rings. The lowest BCUT2D eigenvalue weighted by Crippen LogP contribution is -2.45. The molecule has 1 heterocycles. The quantitative estimate of drug-likeness (QED) is 0.151. The fraction of sp³-hybridized carbons (Fsp3) is 0.886. The lowest BCUT2D eigenvalue weighted by Gasteiger charge is -2.39. The summed E-state index contributed by atoms with van der Waals surface area (Å²) in [7, 11) is 0. The molecule has 0 radical (unpaired) electrons. The molecule has 4 bridgehead atoms. The standard InChI is InChI=1S/C20H32O3.C18H30O2.C6H8O3/c1-11-6-7-17(18(21)8-11)20(4,5)23-19(22)16-10-14-9-15(16)13(3)12(14)2;1-4-18(8-6-5-7-9-18)20-17(19)16-11-14-10-15(16)13(3)12(14)2;1-3-4(2)6(8)9-5(3)7/h11-17H,6-10H2,1-5H3;12-16H,4-11H2,1-3H3;3-4H,1-2H3. The molecule has 52 heavy (non-hydrogen) atoms. The summed E-state index contributed by atoms with van der Waals surface area (Å²) in [5, 5.41) is 0. The Balaban J connectivity index is 0.000000164. The van der Waals surface area contributed by atoms with Crippen LogP contribution in [0.2, 0.25) is 0 Å². The minimum atomic E-state index is -0.662. The summed E-state index contributed by atoms with van der Waals surface area (Å²) in [6, 6.07) is 0. The van der Waals surface area contributed by atoms with E-state index in [9.17, 15) is 24.0 Å². The third-order valence-corrected chi connectivity index (χ3v) is 15.9. The first-order chi connectivity index (χ1) is 24.4. The van der Waals surface area contributed by atoms with E-state index in [-0.39, 0.29) is 52.9 Å². The first-order valence-electron chi connectivity index (χ1n) is 21.1.